The summed E-state index contributed by atoms with van der Waals surface area (Å²) >= 11 is 0. The highest BCUT2D eigenvalue weighted by Crippen LogP contribution is 2.18. The summed E-state index contributed by atoms with van der Waals surface area (Å²) < 4.78 is 39.5. The summed E-state index contributed by atoms with van der Waals surface area (Å²) in [7, 11) is 0. The molecule has 0 bridgehead atoms. The molecule has 132 valence electrons. The van der Waals surface area contributed by atoms with Crippen LogP contribution in [0.1, 0.15) is 16.2 Å². The zero-order valence-electron chi connectivity index (χ0n) is 13.6. The van der Waals surface area contributed by atoms with E-state index >= 15 is 0 Å². The zero-order valence-corrected chi connectivity index (χ0v) is 13.6. The van der Waals surface area contributed by atoms with Gasteiger partial charge in [-0.15, -0.1) is 0 Å². The van der Waals surface area contributed by atoms with Gasteiger partial charge in [0.1, 0.15) is 11.5 Å². The van der Waals surface area contributed by atoms with Crippen molar-refractivity contribution >= 4 is 23.2 Å². The van der Waals surface area contributed by atoms with E-state index in [1.165, 1.54) is 36.4 Å². The molecule has 0 atom stereocenters. The van der Waals surface area contributed by atoms with Crippen molar-refractivity contribution in [3.05, 3.63) is 77.4 Å². The molecule has 26 heavy (non-hydrogen) atoms. The molecule has 0 aliphatic carbocycles. The number of nitrogens with zero attached hydrogens (tertiary/aromatic N) is 2. The molecule has 0 spiro atoms. The fourth-order valence-corrected chi connectivity index (χ4v) is 2.21. The average molecular weight is 358 g/mol. The average Bonchev–Trinajstić information content (AvgIpc) is 2.58. The Kier molecular flexibility index (Phi) is 4.83. The lowest BCUT2D eigenvalue weighted by molar-refractivity contribution is 0.102. The number of rotatable bonds is 4. The number of halogens is 3. The van der Waals surface area contributed by atoms with Crippen LogP contribution in [0.5, 0.6) is 0 Å². The fourth-order valence-electron chi connectivity index (χ4n) is 2.21. The van der Waals surface area contributed by atoms with E-state index in [9.17, 15) is 18.0 Å². The minimum absolute atomic E-state index is 0.0341. The lowest BCUT2D eigenvalue weighted by atomic mass is 10.2. The maximum Gasteiger partial charge on any atom is 0.274 e. The Morgan fingerprint density at radius 1 is 0.923 bits per heavy atom. The van der Waals surface area contributed by atoms with Crippen LogP contribution in [0.15, 0.2) is 48.5 Å². The number of amides is 1. The molecule has 2 N–H and O–H groups in total. The summed E-state index contributed by atoms with van der Waals surface area (Å²) in [5, 5.41) is 5.24. The zero-order chi connectivity index (χ0) is 18.7. The Bertz CT molecular complexity index is 978. The second-order valence-corrected chi connectivity index (χ2v) is 5.44. The normalized spacial score (nSPS) is 10.5. The Labute approximate surface area is 146 Å². The van der Waals surface area contributed by atoms with E-state index < -0.39 is 23.4 Å². The second-order valence-electron chi connectivity index (χ2n) is 5.44. The lowest BCUT2D eigenvalue weighted by Gasteiger charge is -2.09. The first-order chi connectivity index (χ1) is 12.4. The first kappa shape index (κ1) is 17.4. The first-order valence-electron chi connectivity index (χ1n) is 7.55. The molecule has 0 aliphatic heterocycles. The number of benzene rings is 2. The Morgan fingerprint density at radius 2 is 1.73 bits per heavy atom. The van der Waals surface area contributed by atoms with Crippen LogP contribution in [0, 0.1) is 24.4 Å². The molecule has 3 rings (SSSR count). The molecule has 1 aromatic heterocycles. The van der Waals surface area contributed by atoms with E-state index in [2.05, 4.69) is 20.6 Å². The van der Waals surface area contributed by atoms with Crippen LogP contribution in [0.25, 0.3) is 0 Å². The number of aryl methyl sites for hydroxylation is 1. The maximum atomic E-state index is 13.3. The van der Waals surface area contributed by atoms with Crippen LogP contribution in [0.3, 0.4) is 0 Å². The number of hydrogen-bond donors (Lipinski definition) is 2. The van der Waals surface area contributed by atoms with E-state index in [1.54, 1.807) is 6.92 Å². The topological polar surface area (TPSA) is 66.9 Å². The lowest BCUT2D eigenvalue weighted by Crippen LogP contribution is -2.15. The van der Waals surface area contributed by atoms with Gasteiger partial charge in [0.25, 0.3) is 5.91 Å². The highest BCUT2D eigenvalue weighted by atomic mass is 19.2. The molecule has 0 aliphatic rings. The summed E-state index contributed by atoms with van der Waals surface area (Å²) in [6, 6.07) is 10.1. The van der Waals surface area contributed by atoms with Gasteiger partial charge in [-0.25, -0.2) is 23.1 Å². The molecule has 5 nitrogen and oxygen atoms in total. The summed E-state index contributed by atoms with van der Waals surface area (Å²) in [5.41, 5.74) is 1.02. The fraction of sp³-hybridized carbons (Fsp3) is 0.0556. The number of hydrogen-bond acceptors (Lipinski definition) is 4. The Morgan fingerprint density at radius 3 is 2.46 bits per heavy atom. The molecular formula is C18H13F3N4O. The van der Waals surface area contributed by atoms with Crippen LogP contribution in [0.2, 0.25) is 0 Å². The van der Waals surface area contributed by atoms with E-state index in [4.69, 9.17) is 0 Å². The quantitative estimate of drug-likeness (QED) is 0.734. The minimum atomic E-state index is -1.02. The third kappa shape index (κ3) is 4.15. The molecule has 0 unspecified atom stereocenters. The van der Waals surface area contributed by atoms with Crippen molar-refractivity contribution in [3.8, 4) is 0 Å². The van der Waals surface area contributed by atoms with Crippen molar-refractivity contribution in [3.63, 3.8) is 0 Å². The van der Waals surface area contributed by atoms with Gasteiger partial charge in [-0.2, -0.15) is 0 Å². The summed E-state index contributed by atoms with van der Waals surface area (Å²) in [5.74, 6) is -3.00. The number of anilines is 3. The van der Waals surface area contributed by atoms with Gasteiger partial charge < -0.3 is 10.6 Å². The predicted octanol–water partition coefficient (Wildman–Crippen LogP) is 4.20. The number of aromatic nitrogens is 2. The van der Waals surface area contributed by atoms with Gasteiger partial charge in [0.2, 0.25) is 5.95 Å². The molecule has 0 fully saturated rings. The third-order valence-electron chi connectivity index (χ3n) is 3.35. The van der Waals surface area contributed by atoms with Crippen molar-refractivity contribution in [1.29, 1.82) is 0 Å². The van der Waals surface area contributed by atoms with E-state index in [-0.39, 0.29) is 23.0 Å². The maximum absolute atomic E-state index is 13.3. The van der Waals surface area contributed by atoms with Crippen LogP contribution in [-0.2, 0) is 0 Å². The number of carbonyl (C=O) groups excluding carboxylic acids is 1. The van der Waals surface area contributed by atoms with Crippen molar-refractivity contribution in [2.45, 2.75) is 6.92 Å². The molecule has 0 radical (unpaired) electrons. The predicted molar refractivity (Wildman–Crippen MR) is 90.8 cm³/mol. The van der Waals surface area contributed by atoms with Crippen LogP contribution in [0.4, 0.5) is 30.5 Å². The molecule has 0 saturated heterocycles. The van der Waals surface area contributed by atoms with E-state index in [0.717, 1.165) is 12.1 Å². The third-order valence-corrected chi connectivity index (χ3v) is 3.35. The Hall–Kier alpha value is -3.42. The number of carbonyl (C=O) groups is 1. The van der Waals surface area contributed by atoms with Crippen LogP contribution in [-0.4, -0.2) is 15.9 Å². The van der Waals surface area contributed by atoms with Crippen LogP contribution < -0.4 is 10.6 Å². The molecule has 2 aromatic carbocycles. The SMILES string of the molecule is Cc1cc(C(=O)Nc2cccc(F)c2)nc(Nc2ccc(F)c(F)c2)n1. The van der Waals surface area contributed by atoms with Gasteiger partial charge in [-0.3, -0.25) is 4.79 Å². The number of nitrogens with one attached hydrogen (secondary N) is 2. The molecule has 0 saturated carbocycles. The highest BCUT2D eigenvalue weighted by Gasteiger charge is 2.12. The van der Waals surface area contributed by atoms with Crippen LogP contribution >= 0.6 is 0 Å². The molecular weight excluding hydrogens is 345 g/mol. The smallest absolute Gasteiger partial charge is 0.274 e. The molecule has 1 heterocycles. The van der Waals surface area contributed by atoms with Crippen molar-refractivity contribution in [2.24, 2.45) is 0 Å². The second kappa shape index (κ2) is 7.22. The summed E-state index contributed by atoms with van der Waals surface area (Å²) in [6.07, 6.45) is 0. The first-order valence-corrected chi connectivity index (χ1v) is 7.55. The standard InChI is InChI=1S/C18H13F3N4O/c1-10-7-16(17(26)23-12-4-2-3-11(19)8-12)25-18(22-10)24-13-5-6-14(20)15(21)9-13/h2-9H,1H3,(H,23,26)(H,22,24,25). The van der Waals surface area contributed by atoms with Gasteiger partial charge in [-0.1, -0.05) is 6.07 Å². The van der Waals surface area contributed by atoms with Crippen molar-refractivity contribution < 1.29 is 18.0 Å². The van der Waals surface area contributed by atoms with Gasteiger partial charge >= 0.3 is 0 Å². The van der Waals surface area contributed by atoms with Gasteiger partial charge in [-0.05, 0) is 43.3 Å². The monoisotopic (exact) mass is 358 g/mol. The van der Waals surface area contributed by atoms with Gasteiger partial charge in [0.15, 0.2) is 11.6 Å². The highest BCUT2D eigenvalue weighted by molar-refractivity contribution is 6.03. The van der Waals surface area contributed by atoms with Crippen molar-refractivity contribution in [2.75, 3.05) is 10.6 Å². The molecule has 8 heteroatoms. The van der Waals surface area contributed by atoms with Crippen molar-refractivity contribution in [1.82, 2.24) is 9.97 Å². The minimum Gasteiger partial charge on any atom is -0.324 e. The molecule has 3 aromatic rings. The van der Waals surface area contributed by atoms with E-state index in [1.807, 2.05) is 0 Å². The summed E-state index contributed by atoms with van der Waals surface area (Å²) in [6.45, 7) is 1.65. The molecule has 1 amide bonds. The largest absolute Gasteiger partial charge is 0.324 e. The summed E-state index contributed by atoms with van der Waals surface area (Å²) in [4.78, 5) is 20.5. The van der Waals surface area contributed by atoms with E-state index in [0.29, 0.717) is 5.69 Å². The van der Waals surface area contributed by atoms with Gasteiger partial charge in [0, 0.05) is 23.1 Å². The Balaban J connectivity index is 1.82. The van der Waals surface area contributed by atoms with Gasteiger partial charge in [0.05, 0.1) is 0 Å².